The fraction of sp³-hybridized carbons (Fsp3) is 0.769. The molecule has 0 amide bonds. The SMILES string of the molecule is C/C=C(\C)[C@H]1C[C@@H](CCOC=O)C1(C)C. The Morgan fingerprint density at radius 1 is 1.53 bits per heavy atom. The lowest BCUT2D eigenvalue weighted by Crippen LogP contribution is -2.45. The highest BCUT2D eigenvalue weighted by Gasteiger charge is 2.47. The van der Waals surface area contributed by atoms with Crippen LogP contribution in [-0.4, -0.2) is 13.1 Å². The van der Waals surface area contributed by atoms with E-state index in [0.717, 1.165) is 6.42 Å². The topological polar surface area (TPSA) is 26.3 Å². The lowest BCUT2D eigenvalue weighted by atomic mass is 9.52. The summed E-state index contributed by atoms with van der Waals surface area (Å²) < 4.78 is 4.76. The molecule has 0 heterocycles. The zero-order chi connectivity index (χ0) is 11.5. The largest absolute Gasteiger partial charge is 0.468 e. The van der Waals surface area contributed by atoms with Crippen LogP contribution < -0.4 is 0 Å². The van der Waals surface area contributed by atoms with E-state index in [0.29, 0.717) is 30.3 Å². The van der Waals surface area contributed by atoms with Crippen molar-refractivity contribution >= 4 is 6.47 Å². The summed E-state index contributed by atoms with van der Waals surface area (Å²) >= 11 is 0. The van der Waals surface area contributed by atoms with E-state index in [1.54, 1.807) is 0 Å². The summed E-state index contributed by atoms with van der Waals surface area (Å²) in [4.78, 5) is 10.0. The molecule has 0 N–H and O–H groups in total. The molecular formula is C13H22O2. The average Bonchev–Trinajstić information content (AvgIpc) is 2.21. The van der Waals surface area contributed by atoms with Crippen LogP contribution in [0.15, 0.2) is 11.6 Å². The molecule has 1 fully saturated rings. The van der Waals surface area contributed by atoms with Crippen LogP contribution in [-0.2, 0) is 9.53 Å². The van der Waals surface area contributed by atoms with Gasteiger partial charge in [0, 0.05) is 0 Å². The maximum atomic E-state index is 10.0. The van der Waals surface area contributed by atoms with Gasteiger partial charge < -0.3 is 4.74 Å². The zero-order valence-corrected chi connectivity index (χ0v) is 10.2. The summed E-state index contributed by atoms with van der Waals surface area (Å²) in [6.45, 7) is 10.1. The van der Waals surface area contributed by atoms with Crippen LogP contribution in [0.3, 0.4) is 0 Å². The first-order valence-electron chi connectivity index (χ1n) is 5.72. The van der Waals surface area contributed by atoms with Crippen LogP contribution in [0.1, 0.15) is 40.5 Å². The van der Waals surface area contributed by atoms with E-state index >= 15 is 0 Å². The first-order chi connectivity index (χ1) is 7.04. The Bertz CT molecular complexity index is 253. The van der Waals surface area contributed by atoms with Crippen LogP contribution in [0.2, 0.25) is 0 Å². The quantitative estimate of drug-likeness (QED) is 0.396. The molecule has 0 aromatic rings. The molecule has 0 aromatic heterocycles. The van der Waals surface area contributed by atoms with Crippen molar-refractivity contribution in [1.82, 2.24) is 0 Å². The monoisotopic (exact) mass is 210 g/mol. The van der Waals surface area contributed by atoms with Gasteiger partial charge in [-0.15, -0.1) is 0 Å². The molecule has 0 radical (unpaired) electrons. The minimum Gasteiger partial charge on any atom is -0.468 e. The number of ether oxygens (including phenoxy) is 1. The Labute approximate surface area is 92.7 Å². The molecule has 0 bridgehead atoms. The van der Waals surface area contributed by atoms with Crippen LogP contribution >= 0.6 is 0 Å². The highest BCUT2D eigenvalue weighted by Crippen LogP contribution is 2.55. The van der Waals surface area contributed by atoms with Gasteiger partial charge in [0.2, 0.25) is 0 Å². The summed E-state index contributed by atoms with van der Waals surface area (Å²) in [5.74, 6) is 1.40. The Morgan fingerprint density at radius 3 is 2.67 bits per heavy atom. The van der Waals surface area contributed by atoms with E-state index in [4.69, 9.17) is 4.74 Å². The van der Waals surface area contributed by atoms with Crippen molar-refractivity contribution in [3.63, 3.8) is 0 Å². The van der Waals surface area contributed by atoms with Gasteiger partial charge in [0.05, 0.1) is 6.61 Å². The van der Waals surface area contributed by atoms with E-state index in [-0.39, 0.29) is 0 Å². The Morgan fingerprint density at radius 2 is 2.20 bits per heavy atom. The van der Waals surface area contributed by atoms with Crippen molar-refractivity contribution in [3.05, 3.63) is 11.6 Å². The second-order valence-corrected chi connectivity index (χ2v) is 5.09. The second-order valence-electron chi connectivity index (χ2n) is 5.09. The van der Waals surface area contributed by atoms with Crippen molar-refractivity contribution < 1.29 is 9.53 Å². The number of rotatable bonds is 5. The highest BCUT2D eigenvalue weighted by atomic mass is 16.5. The van der Waals surface area contributed by atoms with Crippen molar-refractivity contribution in [2.75, 3.05) is 6.61 Å². The van der Waals surface area contributed by atoms with Crippen molar-refractivity contribution in [2.45, 2.75) is 40.5 Å². The van der Waals surface area contributed by atoms with Crippen molar-refractivity contribution in [2.24, 2.45) is 17.3 Å². The smallest absolute Gasteiger partial charge is 0.293 e. The summed E-state index contributed by atoms with van der Waals surface area (Å²) in [6, 6.07) is 0. The molecule has 0 aliphatic heterocycles. The fourth-order valence-electron chi connectivity index (χ4n) is 2.74. The average molecular weight is 210 g/mol. The van der Waals surface area contributed by atoms with Gasteiger partial charge in [-0.25, -0.2) is 0 Å². The Balaban J connectivity index is 2.44. The summed E-state index contributed by atoms with van der Waals surface area (Å²) in [6.07, 6.45) is 4.45. The molecule has 0 saturated heterocycles. The normalized spacial score (nSPS) is 29.5. The number of carbonyl (C=O) groups excluding carboxylic acids is 1. The lowest BCUT2D eigenvalue weighted by molar-refractivity contribution is -0.130. The summed E-state index contributed by atoms with van der Waals surface area (Å²) in [5.41, 5.74) is 1.86. The van der Waals surface area contributed by atoms with E-state index < -0.39 is 0 Å². The molecule has 1 saturated carbocycles. The number of hydrogen-bond donors (Lipinski definition) is 0. The molecule has 0 spiro atoms. The first kappa shape index (κ1) is 12.3. The van der Waals surface area contributed by atoms with E-state index in [1.807, 2.05) is 0 Å². The number of allylic oxidation sites excluding steroid dienone is 2. The first-order valence-corrected chi connectivity index (χ1v) is 5.72. The minimum absolute atomic E-state index is 0.364. The Kier molecular flexibility index (Phi) is 3.95. The maximum absolute atomic E-state index is 10.0. The molecule has 0 unspecified atom stereocenters. The third kappa shape index (κ3) is 2.42. The van der Waals surface area contributed by atoms with E-state index in [2.05, 4.69) is 33.8 Å². The van der Waals surface area contributed by atoms with Crippen molar-refractivity contribution in [3.8, 4) is 0 Å². The van der Waals surface area contributed by atoms with Gasteiger partial charge in [0.15, 0.2) is 0 Å². The van der Waals surface area contributed by atoms with Crippen LogP contribution in [0, 0.1) is 17.3 Å². The summed E-state index contributed by atoms with van der Waals surface area (Å²) in [7, 11) is 0. The van der Waals surface area contributed by atoms with Gasteiger partial charge in [0.1, 0.15) is 0 Å². The number of carbonyl (C=O) groups is 1. The number of hydrogen-bond acceptors (Lipinski definition) is 2. The predicted octanol–water partition coefficient (Wildman–Crippen LogP) is 3.18. The molecule has 0 aromatic carbocycles. The van der Waals surface area contributed by atoms with Gasteiger partial charge in [-0.1, -0.05) is 25.5 Å². The predicted molar refractivity (Wildman–Crippen MR) is 61.4 cm³/mol. The molecular weight excluding hydrogens is 188 g/mol. The molecule has 1 rings (SSSR count). The highest BCUT2D eigenvalue weighted by molar-refractivity contribution is 5.36. The molecule has 15 heavy (non-hydrogen) atoms. The lowest BCUT2D eigenvalue weighted by Gasteiger charge is -2.53. The molecule has 2 atom stereocenters. The second kappa shape index (κ2) is 4.82. The standard InChI is InChI=1S/C13H22O2/c1-5-10(2)12-8-11(13(12,3)4)6-7-15-9-14/h5,9,11-12H,6-8H2,1-4H3/b10-5+/t11-,12-/m1/s1. The van der Waals surface area contributed by atoms with E-state index in [9.17, 15) is 4.79 Å². The maximum Gasteiger partial charge on any atom is 0.293 e. The van der Waals surface area contributed by atoms with Crippen molar-refractivity contribution in [1.29, 1.82) is 0 Å². The van der Waals surface area contributed by atoms with Gasteiger partial charge in [-0.3, -0.25) is 4.79 Å². The molecule has 2 nitrogen and oxygen atoms in total. The molecule has 1 aliphatic carbocycles. The molecule has 1 aliphatic rings. The van der Waals surface area contributed by atoms with Gasteiger partial charge in [-0.2, -0.15) is 0 Å². The van der Waals surface area contributed by atoms with E-state index in [1.165, 1.54) is 12.0 Å². The summed E-state index contributed by atoms with van der Waals surface area (Å²) in [5, 5.41) is 0. The zero-order valence-electron chi connectivity index (χ0n) is 10.2. The van der Waals surface area contributed by atoms with Gasteiger partial charge in [-0.05, 0) is 43.9 Å². The molecule has 86 valence electrons. The Hall–Kier alpha value is -0.790. The molecule has 2 heteroatoms. The van der Waals surface area contributed by atoms with Crippen LogP contribution in [0.4, 0.5) is 0 Å². The third-order valence-corrected chi connectivity index (χ3v) is 4.13. The fourth-order valence-corrected chi connectivity index (χ4v) is 2.74. The minimum atomic E-state index is 0.364. The van der Waals surface area contributed by atoms with Gasteiger partial charge in [0.25, 0.3) is 6.47 Å². The van der Waals surface area contributed by atoms with Crippen LogP contribution in [0.25, 0.3) is 0 Å². The van der Waals surface area contributed by atoms with Crippen LogP contribution in [0.5, 0.6) is 0 Å². The third-order valence-electron chi connectivity index (χ3n) is 4.13. The van der Waals surface area contributed by atoms with Gasteiger partial charge >= 0.3 is 0 Å².